The van der Waals surface area contributed by atoms with Crippen LogP contribution in [-0.2, 0) is 27.9 Å². The van der Waals surface area contributed by atoms with Crippen molar-refractivity contribution in [2.45, 2.75) is 24.9 Å². The molecule has 0 aliphatic heterocycles. The van der Waals surface area contributed by atoms with Crippen molar-refractivity contribution < 1.29 is 22.8 Å². The SMILES string of the molecule is Cc1noc(CNS(=O)(=O)c2cnn(CC(=O)O)c2)n1. The third-order valence-electron chi connectivity index (χ3n) is 2.20. The number of nitrogens with zero attached hydrogens (tertiary/aromatic N) is 4. The zero-order valence-electron chi connectivity index (χ0n) is 10.3. The van der Waals surface area contributed by atoms with Gasteiger partial charge >= 0.3 is 5.97 Å². The molecule has 0 aliphatic carbocycles. The summed E-state index contributed by atoms with van der Waals surface area (Å²) in [6.45, 7) is 1.03. The highest BCUT2D eigenvalue weighted by molar-refractivity contribution is 7.89. The van der Waals surface area contributed by atoms with Crippen LogP contribution in [0.5, 0.6) is 0 Å². The van der Waals surface area contributed by atoms with E-state index in [1.165, 1.54) is 0 Å². The van der Waals surface area contributed by atoms with Gasteiger partial charge in [0.25, 0.3) is 0 Å². The fourth-order valence-electron chi connectivity index (χ4n) is 1.36. The lowest BCUT2D eigenvalue weighted by Crippen LogP contribution is -2.23. The molecule has 0 saturated heterocycles. The number of aliphatic carboxylic acids is 1. The highest BCUT2D eigenvalue weighted by Crippen LogP contribution is 2.08. The van der Waals surface area contributed by atoms with E-state index in [1.807, 2.05) is 0 Å². The van der Waals surface area contributed by atoms with Crippen LogP contribution in [0.3, 0.4) is 0 Å². The van der Waals surface area contributed by atoms with E-state index >= 15 is 0 Å². The summed E-state index contributed by atoms with van der Waals surface area (Å²) in [6, 6.07) is 0. The quantitative estimate of drug-likeness (QED) is 0.702. The van der Waals surface area contributed by atoms with E-state index in [0.717, 1.165) is 17.1 Å². The Labute approximate surface area is 113 Å². The average molecular weight is 301 g/mol. The monoisotopic (exact) mass is 301 g/mol. The van der Waals surface area contributed by atoms with Crippen LogP contribution in [0, 0.1) is 6.92 Å². The maximum atomic E-state index is 11.9. The summed E-state index contributed by atoms with van der Waals surface area (Å²) in [5, 5.41) is 15.8. The van der Waals surface area contributed by atoms with Crippen LogP contribution < -0.4 is 4.72 Å². The highest BCUT2D eigenvalue weighted by Gasteiger charge is 2.18. The first-order valence-corrected chi connectivity index (χ1v) is 6.88. The predicted molar refractivity (Wildman–Crippen MR) is 62.9 cm³/mol. The molecule has 0 fully saturated rings. The minimum Gasteiger partial charge on any atom is -0.480 e. The Kier molecular flexibility index (Phi) is 3.81. The molecule has 2 aromatic rings. The molecule has 0 aliphatic rings. The molecule has 2 aromatic heterocycles. The highest BCUT2D eigenvalue weighted by atomic mass is 32.2. The number of carbonyl (C=O) groups is 1. The third kappa shape index (κ3) is 3.39. The standard InChI is InChI=1S/C9H11N5O5S/c1-6-12-8(19-13-6)3-11-20(17,18)7-2-10-14(4-7)5-9(15)16/h2,4,11H,3,5H2,1H3,(H,15,16). The van der Waals surface area contributed by atoms with Crippen molar-refractivity contribution in [3.8, 4) is 0 Å². The number of hydrogen-bond donors (Lipinski definition) is 2. The van der Waals surface area contributed by atoms with Crippen LogP contribution in [0.15, 0.2) is 21.8 Å². The largest absolute Gasteiger partial charge is 0.480 e. The smallest absolute Gasteiger partial charge is 0.325 e. The summed E-state index contributed by atoms with van der Waals surface area (Å²) in [4.78, 5) is 14.2. The molecule has 2 rings (SSSR count). The minimum absolute atomic E-state index is 0.129. The molecule has 2 heterocycles. The molecule has 108 valence electrons. The Morgan fingerprint density at radius 1 is 1.55 bits per heavy atom. The Hall–Kier alpha value is -2.27. The zero-order chi connectivity index (χ0) is 14.8. The number of aryl methyl sites for hydroxylation is 1. The molecule has 0 atom stereocenters. The molecule has 0 unspecified atom stereocenters. The van der Waals surface area contributed by atoms with Crippen molar-refractivity contribution in [1.82, 2.24) is 24.6 Å². The average Bonchev–Trinajstić information content (AvgIpc) is 2.95. The predicted octanol–water partition coefficient (Wildman–Crippen LogP) is -0.862. The maximum Gasteiger partial charge on any atom is 0.325 e. The molecule has 0 bridgehead atoms. The molecule has 0 spiro atoms. The summed E-state index contributed by atoms with van der Waals surface area (Å²) >= 11 is 0. The molecule has 2 N–H and O–H groups in total. The fraction of sp³-hybridized carbons (Fsp3) is 0.333. The van der Waals surface area contributed by atoms with E-state index in [1.54, 1.807) is 6.92 Å². The van der Waals surface area contributed by atoms with Gasteiger partial charge in [-0.2, -0.15) is 10.1 Å². The molecule has 11 heteroatoms. The summed E-state index contributed by atoms with van der Waals surface area (Å²) in [6.07, 6.45) is 2.18. The van der Waals surface area contributed by atoms with Crippen LogP contribution in [0.1, 0.15) is 11.7 Å². The second-order valence-corrected chi connectivity index (χ2v) is 5.59. The molecule has 0 saturated carbocycles. The first-order chi connectivity index (χ1) is 9.37. The van der Waals surface area contributed by atoms with Crippen molar-refractivity contribution in [3.05, 3.63) is 24.1 Å². The molecule has 20 heavy (non-hydrogen) atoms. The normalized spacial score (nSPS) is 11.7. The van der Waals surface area contributed by atoms with Gasteiger partial charge in [0.05, 0.1) is 12.7 Å². The second kappa shape index (κ2) is 5.38. The maximum absolute atomic E-state index is 11.9. The van der Waals surface area contributed by atoms with Gasteiger partial charge in [0.15, 0.2) is 5.82 Å². The van der Waals surface area contributed by atoms with E-state index in [-0.39, 0.29) is 17.3 Å². The van der Waals surface area contributed by atoms with Crippen LogP contribution in [0.4, 0.5) is 0 Å². The van der Waals surface area contributed by atoms with Gasteiger partial charge in [0.1, 0.15) is 11.4 Å². The Morgan fingerprint density at radius 2 is 2.30 bits per heavy atom. The van der Waals surface area contributed by atoms with Gasteiger partial charge < -0.3 is 9.63 Å². The van der Waals surface area contributed by atoms with Crippen molar-refractivity contribution in [2.75, 3.05) is 0 Å². The Bertz CT molecular complexity index is 719. The first kappa shape index (κ1) is 14.1. The number of carboxylic acids is 1. The van der Waals surface area contributed by atoms with E-state index in [9.17, 15) is 13.2 Å². The lowest BCUT2D eigenvalue weighted by Gasteiger charge is -2.00. The molecule has 0 amide bonds. The zero-order valence-corrected chi connectivity index (χ0v) is 11.2. The van der Waals surface area contributed by atoms with Crippen molar-refractivity contribution >= 4 is 16.0 Å². The van der Waals surface area contributed by atoms with E-state index in [4.69, 9.17) is 9.63 Å². The van der Waals surface area contributed by atoms with Gasteiger partial charge in [-0.1, -0.05) is 5.16 Å². The van der Waals surface area contributed by atoms with Gasteiger partial charge in [0, 0.05) is 6.20 Å². The van der Waals surface area contributed by atoms with Crippen molar-refractivity contribution in [3.63, 3.8) is 0 Å². The van der Waals surface area contributed by atoms with Gasteiger partial charge in [0.2, 0.25) is 15.9 Å². The number of aromatic nitrogens is 4. The number of carboxylic acid groups (broad SMARTS) is 1. The summed E-state index contributed by atoms with van der Waals surface area (Å²) < 4.78 is 31.8. The topological polar surface area (TPSA) is 140 Å². The lowest BCUT2D eigenvalue weighted by atomic mass is 10.6. The summed E-state index contributed by atoms with van der Waals surface area (Å²) in [5.41, 5.74) is 0. The number of rotatable bonds is 6. The van der Waals surface area contributed by atoms with Crippen LogP contribution >= 0.6 is 0 Å². The van der Waals surface area contributed by atoms with Gasteiger partial charge in [-0.15, -0.1) is 0 Å². The van der Waals surface area contributed by atoms with Crippen LogP contribution in [0.2, 0.25) is 0 Å². The third-order valence-corrected chi connectivity index (χ3v) is 3.56. The van der Waals surface area contributed by atoms with Crippen molar-refractivity contribution in [2.24, 2.45) is 0 Å². The Morgan fingerprint density at radius 3 is 2.90 bits per heavy atom. The van der Waals surface area contributed by atoms with Crippen molar-refractivity contribution in [1.29, 1.82) is 0 Å². The fourth-order valence-corrected chi connectivity index (χ4v) is 2.29. The second-order valence-electron chi connectivity index (χ2n) is 3.83. The number of sulfonamides is 1. The first-order valence-electron chi connectivity index (χ1n) is 5.40. The minimum atomic E-state index is -3.82. The van der Waals surface area contributed by atoms with E-state index < -0.39 is 22.5 Å². The van der Waals surface area contributed by atoms with Crippen LogP contribution in [0.25, 0.3) is 0 Å². The van der Waals surface area contributed by atoms with Gasteiger partial charge in [-0.3, -0.25) is 9.48 Å². The van der Waals surface area contributed by atoms with E-state index in [0.29, 0.717) is 5.82 Å². The molecule has 0 radical (unpaired) electrons. The Balaban J connectivity index is 2.06. The van der Waals surface area contributed by atoms with Gasteiger partial charge in [-0.05, 0) is 6.92 Å². The molecular weight excluding hydrogens is 290 g/mol. The summed E-state index contributed by atoms with van der Waals surface area (Å²) in [5.74, 6) is -0.594. The summed E-state index contributed by atoms with van der Waals surface area (Å²) in [7, 11) is -3.82. The van der Waals surface area contributed by atoms with E-state index in [2.05, 4.69) is 20.0 Å². The molecule has 0 aromatic carbocycles. The number of hydrogen-bond acceptors (Lipinski definition) is 7. The van der Waals surface area contributed by atoms with Gasteiger partial charge in [-0.25, -0.2) is 13.1 Å². The molecule has 10 nitrogen and oxygen atoms in total. The lowest BCUT2D eigenvalue weighted by molar-refractivity contribution is -0.137. The van der Waals surface area contributed by atoms with Crippen LogP contribution in [-0.4, -0.2) is 39.4 Å². The molecular formula is C9H11N5O5S. The number of nitrogens with one attached hydrogen (secondary N) is 1.